The van der Waals surface area contributed by atoms with E-state index in [1.807, 2.05) is 6.20 Å². The van der Waals surface area contributed by atoms with Crippen molar-refractivity contribution >= 4 is 15.9 Å². The topological polar surface area (TPSA) is 30.4 Å². The van der Waals surface area contributed by atoms with Crippen LogP contribution in [0.4, 0.5) is 0 Å². The van der Waals surface area contributed by atoms with Crippen LogP contribution in [0.5, 0.6) is 0 Å². The molecular formula is C11H15BrN2O. The minimum absolute atomic E-state index is 0.00917. The van der Waals surface area contributed by atoms with Crippen LogP contribution in [0.1, 0.15) is 32.4 Å². The number of nitrogens with zero attached hydrogens (tertiary/aromatic N) is 2. The van der Waals surface area contributed by atoms with Crippen molar-refractivity contribution in [2.24, 2.45) is 5.92 Å². The van der Waals surface area contributed by atoms with E-state index in [0.717, 1.165) is 23.4 Å². The quantitative estimate of drug-likeness (QED) is 0.774. The Bertz CT molecular complexity index is 403. The van der Waals surface area contributed by atoms with Gasteiger partial charge in [0.2, 0.25) is 0 Å². The van der Waals surface area contributed by atoms with Crippen LogP contribution < -0.4 is 0 Å². The molecule has 1 saturated heterocycles. The minimum atomic E-state index is -0.00917. The van der Waals surface area contributed by atoms with Gasteiger partial charge in [-0.15, -0.1) is 0 Å². The van der Waals surface area contributed by atoms with Gasteiger partial charge in [0, 0.05) is 6.54 Å². The van der Waals surface area contributed by atoms with Crippen molar-refractivity contribution in [3.05, 3.63) is 16.4 Å². The van der Waals surface area contributed by atoms with Crippen LogP contribution in [0.3, 0.4) is 0 Å². The Labute approximate surface area is 97.9 Å². The van der Waals surface area contributed by atoms with E-state index in [1.54, 1.807) is 0 Å². The van der Waals surface area contributed by atoms with Gasteiger partial charge in [0.05, 0.1) is 22.5 Å². The molecule has 2 aliphatic rings. The summed E-state index contributed by atoms with van der Waals surface area (Å²) in [5, 5.41) is 4.37. The molecular weight excluding hydrogens is 256 g/mol. The molecule has 0 spiro atoms. The average Bonchev–Trinajstić information content (AvgIpc) is 2.57. The summed E-state index contributed by atoms with van der Waals surface area (Å²) in [6, 6.07) is 0. The third-order valence-electron chi connectivity index (χ3n) is 3.58. The number of epoxide rings is 1. The van der Waals surface area contributed by atoms with Crippen molar-refractivity contribution in [2.75, 3.05) is 0 Å². The number of hydrogen-bond acceptors (Lipinski definition) is 2. The molecule has 1 aliphatic heterocycles. The SMILES string of the molecule is CCn1ncc(Br)c1[C@]12C[C@@H](C)C[C@H]1O2. The van der Waals surface area contributed by atoms with Crippen molar-refractivity contribution in [1.82, 2.24) is 9.78 Å². The van der Waals surface area contributed by atoms with Gasteiger partial charge in [-0.2, -0.15) is 5.10 Å². The van der Waals surface area contributed by atoms with E-state index in [0.29, 0.717) is 6.10 Å². The lowest BCUT2D eigenvalue weighted by Gasteiger charge is -2.13. The number of halogens is 1. The molecule has 1 saturated carbocycles. The van der Waals surface area contributed by atoms with E-state index in [9.17, 15) is 0 Å². The van der Waals surface area contributed by atoms with Gasteiger partial charge in [-0.25, -0.2) is 0 Å². The second-order valence-electron chi connectivity index (χ2n) is 4.70. The number of aromatic nitrogens is 2. The van der Waals surface area contributed by atoms with Crippen molar-refractivity contribution in [2.45, 2.75) is 44.9 Å². The largest absolute Gasteiger partial charge is 0.359 e. The summed E-state index contributed by atoms with van der Waals surface area (Å²) in [6.07, 6.45) is 4.66. The highest BCUT2D eigenvalue weighted by Crippen LogP contribution is 2.60. The van der Waals surface area contributed by atoms with Gasteiger partial charge < -0.3 is 4.74 Å². The maximum absolute atomic E-state index is 5.89. The van der Waals surface area contributed by atoms with Crippen molar-refractivity contribution in [3.63, 3.8) is 0 Å². The first-order chi connectivity index (χ1) is 7.17. The van der Waals surface area contributed by atoms with E-state index >= 15 is 0 Å². The number of hydrogen-bond donors (Lipinski definition) is 0. The second-order valence-corrected chi connectivity index (χ2v) is 5.55. The van der Waals surface area contributed by atoms with Crippen LogP contribution in [-0.4, -0.2) is 15.9 Å². The standard InChI is InChI=1S/C11H15BrN2O/c1-3-14-10(8(12)6-13-14)11-5-7(2)4-9(11)15-11/h6-7,9H,3-5H2,1-2H3/t7-,9+,11-/m0/s1. The molecule has 0 unspecified atom stereocenters. The van der Waals surface area contributed by atoms with Crippen LogP contribution >= 0.6 is 15.9 Å². The van der Waals surface area contributed by atoms with Crippen LogP contribution in [0, 0.1) is 5.92 Å². The molecule has 1 aromatic rings. The highest BCUT2D eigenvalue weighted by molar-refractivity contribution is 9.10. The molecule has 15 heavy (non-hydrogen) atoms. The molecule has 0 radical (unpaired) electrons. The highest BCUT2D eigenvalue weighted by atomic mass is 79.9. The van der Waals surface area contributed by atoms with E-state index in [1.165, 1.54) is 12.1 Å². The first-order valence-corrected chi connectivity index (χ1v) is 6.36. The molecule has 0 aromatic carbocycles. The molecule has 1 aromatic heterocycles. The third-order valence-corrected chi connectivity index (χ3v) is 4.16. The summed E-state index contributed by atoms with van der Waals surface area (Å²) < 4.78 is 9.04. The first-order valence-electron chi connectivity index (χ1n) is 5.57. The molecule has 2 fully saturated rings. The average molecular weight is 271 g/mol. The van der Waals surface area contributed by atoms with E-state index in [4.69, 9.17) is 4.74 Å². The number of ether oxygens (including phenoxy) is 1. The molecule has 4 heteroatoms. The predicted molar refractivity (Wildman–Crippen MR) is 60.6 cm³/mol. The Balaban J connectivity index is 2.03. The summed E-state index contributed by atoms with van der Waals surface area (Å²) in [5.74, 6) is 0.774. The Morgan fingerprint density at radius 3 is 3.13 bits per heavy atom. The summed E-state index contributed by atoms with van der Waals surface area (Å²) in [5.41, 5.74) is 1.24. The molecule has 1 aliphatic carbocycles. The molecule has 0 N–H and O–H groups in total. The van der Waals surface area contributed by atoms with Gasteiger partial charge in [0.25, 0.3) is 0 Å². The summed E-state index contributed by atoms with van der Waals surface area (Å²) in [7, 11) is 0. The summed E-state index contributed by atoms with van der Waals surface area (Å²) in [6.45, 7) is 5.33. The maximum Gasteiger partial charge on any atom is 0.138 e. The highest BCUT2D eigenvalue weighted by Gasteiger charge is 2.64. The number of rotatable bonds is 2. The van der Waals surface area contributed by atoms with E-state index < -0.39 is 0 Å². The number of fused-ring (bicyclic) bond motifs is 1. The van der Waals surface area contributed by atoms with Gasteiger partial charge in [0.15, 0.2) is 0 Å². The van der Waals surface area contributed by atoms with Crippen LogP contribution in [0.2, 0.25) is 0 Å². The minimum Gasteiger partial charge on any atom is -0.359 e. The fourth-order valence-electron chi connectivity index (χ4n) is 2.93. The van der Waals surface area contributed by atoms with Gasteiger partial charge >= 0.3 is 0 Å². The van der Waals surface area contributed by atoms with E-state index in [-0.39, 0.29) is 5.60 Å². The monoisotopic (exact) mass is 270 g/mol. The summed E-state index contributed by atoms with van der Waals surface area (Å²) in [4.78, 5) is 0. The first kappa shape index (κ1) is 9.85. The zero-order chi connectivity index (χ0) is 10.6. The van der Waals surface area contributed by atoms with Gasteiger partial charge in [-0.1, -0.05) is 6.92 Å². The maximum atomic E-state index is 5.89. The van der Waals surface area contributed by atoms with Crippen molar-refractivity contribution < 1.29 is 4.74 Å². The lowest BCUT2D eigenvalue weighted by Crippen LogP contribution is -2.16. The fourth-order valence-corrected chi connectivity index (χ4v) is 3.56. The lowest BCUT2D eigenvalue weighted by atomic mass is 10.0. The fraction of sp³-hybridized carbons (Fsp3) is 0.727. The molecule has 82 valence electrons. The lowest BCUT2D eigenvalue weighted by molar-refractivity contribution is 0.212. The molecule has 0 bridgehead atoms. The molecule has 3 rings (SSSR count). The van der Waals surface area contributed by atoms with Crippen LogP contribution in [-0.2, 0) is 16.9 Å². The van der Waals surface area contributed by atoms with Gasteiger partial charge in [-0.05, 0) is 41.6 Å². The predicted octanol–water partition coefficient (Wildman–Crippen LogP) is 2.69. The van der Waals surface area contributed by atoms with Crippen LogP contribution in [0.25, 0.3) is 0 Å². The summed E-state index contributed by atoms with van der Waals surface area (Å²) >= 11 is 3.59. The molecule has 3 nitrogen and oxygen atoms in total. The van der Waals surface area contributed by atoms with Crippen molar-refractivity contribution in [1.29, 1.82) is 0 Å². The zero-order valence-electron chi connectivity index (χ0n) is 9.03. The van der Waals surface area contributed by atoms with Gasteiger partial charge in [-0.3, -0.25) is 4.68 Å². The third kappa shape index (κ3) is 1.24. The van der Waals surface area contributed by atoms with Crippen LogP contribution in [0.15, 0.2) is 10.7 Å². The molecule has 2 heterocycles. The smallest absolute Gasteiger partial charge is 0.138 e. The molecule has 3 atom stereocenters. The Hall–Kier alpha value is -0.350. The zero-order valence-corrected chi connectivity index (χ0v) is 10.6. The Morgan fingerprint density at radius 1 is 1.73 bits per heavy atom. The van der Waals surface area contributed by atoms with E-state index in [2.05, 4.69) is 39.6 Å². The van der Waals surface area contributed by atoms with Gasteiger partial charge in [0.1, 0.15) is 5.60 Å². The molecule has 0 amide bonds. The Kier molecular flexibility index (Phi) is 2.02. The van der Waals surface area contributed by atoms with Crippen molar-refractivity contribution in [3.8, 4) is 0 Å². The normalized spacial score (nSPS) is 38.1. The Morgan fingerprint density at radius 2 is 2.53 bits per heavy atom. The number of aryl methyl sites for hydroxylation is 1. The second kappa shape index (κ2) is 3.08.